The highest BCUT2D eigenvalue weighted by atomic mass is 16.5. The van der Waals surface area contributed by atoms with Crippen molar-refractivity contribution in [2.24, 2.45) is 4.99 Å². The normalized spacial score (nSPS) is 27.8. The van der Waals surface area contributed by atoms with Crippen molar-refractivity contribution in [3.05, 3.63) is 35.7 Å². The molecule has 103 valence electrons. The molecule has 0 aromatic heterocycles. The number of hydrogen-bond donors (Lipinski definition) is 0. The lowest BCUT2D eigenvalue weighted by molar-refractivity contribution is 0.143. The number of benzene rings is 1. The van der Waals surface area contributed by atoms with Gasteiger partial charge in [0.2, 0.25) is 6.34 Å². The summed E-state index contributed by atoms with van der Waals surface area (Å²) in [6.07, 6.45) is 8.47. The van der Waals surface area contributed by atoms with Crippen molar-refractivity contribution < 1.29 is 9.47 Å². The highest BCUT2D eigenvalue weighted by Crippen LogP contribution is 2.49. The molecular formula is C16H18N2O2+. The molecule has 3 aliphatic heterocycles. The molecule has 4 rings (SSSR count). The van der Waals surface area contributed by atoms with Gasteiger partial charge in [-0.1, -0.05) is 4.90 Å². The number of piperidine rings is 1. The predicted molar refractivity (Wildman–Crippen MR) is 77.3 cm³/mol. The Morgan fingerprint density at radius 1 is 1.35 bits per heavy atom. The van der Waals surface area contributed by atoms with Crippen molar-refractivity contribution in [1.82, 2.24) is 4.90 Å². The zero-order chi connectivity index (χ0) is 13.6. The molecule has 4 heteroatoms. The maximum Gasteiger partial charge on any atom is 0.245 e. The summed E-state index contributed by atoms with van der Waals surface area (Å²) in [6, 6.07) is 6.18. The standard InChI is InChI=1S/C16H18N2O2/c1-19-13-4-5-14-15(9-13)20-8-7-16(14)6-2-3-12-10-17-11-18(12)16/h4-5,9-11H,2-3,6-8H2,1H3/q+1. The lowest BCUT2D eigenvalue weighted by atomic mass is 9.76. The van der Waals surface area contributed by atoms with E-state index in [1.807, 2.05) is 24.7 Å². The average Bonchev–Trinajstić information content (AvgIpc) is 2.97. The van der Waals surface area contributed by atoms with Gasteiger partial charge < -0.3 is 9.47 Å². The van der Waals surface area contributed by atoms with Crippen LogP contribution in [-0.4, -0.2) is 20.1 Å². The third kappa shape index (κ3) is 1.54. The predicted octanol–water partition coefficient (Wildman–Crippen LogP) is 2.88. The number of rotatable bonds is 1. The van der Waals surface area contributed by atoms with Gasteiger partial charge in [0.15, 0.2) is 11.2 Å². The lowest BCUT2D eigenvalue weighted by Crippen LogP contribution is -2.53. The van der Waals surface area contributed by atoms with E-state index in [2.05, 4.69) is 16.0 Å². The van der Waals surface area contributed by atoms with E-state index in [4.69, 9.17) is 9.47 Å². The Morgan fingerprint density at radius 2 is 2.30 bits per heavy atom. The van der Waals surface area contributed by atoms with Crippen LogP contribution in [0.25, 0.3) is 0 Å². The highest BCUT2D eigenvalue weighted by molar-refractivity contribution is 5.69. The molecule has 0 amide bonds. The summed E-state index contributed by atoms with van der Waals surface area (Å²) < 4.78 is 11.2. The van der Waals surface area contributed by atoms with Crippen LogP contribution in [0.5, 0.6) is 11.5 Å². The van der Waals surface area contributed by atoms with E-state index in [9.17, 15) is 0 Å². The van der Waals surface area contributed by atoms with Crippen LogP contribution in [0.2, 0.25) is 0 Å². The van der Waals surface area contributed by atoms with Gasteiger partial charge in [0, 0.05) is 25.3 Å². The molecule has 1 aromatic carbocycles. The molecule has 1 unspecified atom stereocenters. The molecule has 3 aliphatic rings. The first-order valence-electron chi connectivity index (χ1n) is 7.16. The van der Waals surface area contributed by atoms with Crippen molar-refractivity contribution in [1.29, 1.82) is 0 Å². The van der Waals surface area contributed by atoms with E-state index < -0.39 is 0 Å². The molecule has 1 radical (unpaired) electrons. The van der Waals surface area contributed by atoms with Gasteiger partial charge in [0.1, 0.15) is 11.5 Å². The molecule has 1 spiro atoms. The van der Waals surface area contributed by atoms with Crippen molar-refractivity contribution >= 4 is 6.34 Å². The van der Waals surface area contributed by atoms with Crippen molar-refractivity contribution in [3.8, 4) is 11.5 Å². The van der Waals surface area contributed by atoms with Gasteiger partial charge in [0.05, 0.1) is 25.5 Å². The summed E-state index contributed by atoms with van der Waals surface area (Å²) in [5.74, 6) is 1.81. The molecule has 1 saturated heterocycles. The number of nitrogens with zero attached hydrogens (tertiary/aromatic N) is 2. The Hall–Kier alpha value is -1.81. The van der Waals surface area contributed by atoms with Crippen LogP contribution < -0.4 is 14.4 Å². The first-order chi connectivity index (χ1) is 9.83. The monoisotopic (exact) mass is 270 g/mol. The highest BCUT2D eigenvalue weighted by Gasteiger charge is 2.55. The van der Waals surface area contributed by atoms with E-state index in [-0.39, 0.29) is 5.54 Å². The van der Waals surface area contributed by atoms with Crippen LogP contribution in [0, 0.1) is 0 Å². The fraction of sp³-hybridized carbons (Fsp3) is 0.438. The molecular weight excluding hydrogens is 252 g/mol. The second kappa shape index (κ2) is 4.35. The molecule has 20 heavy (non-hydrogen) atoms. The van der Waals surface area contributed by atoms with Gasteiger partial charge in [-0.2, -0.15) is 0 Å². The van der Waals surface area contributed by atoms with E-state index in [0.29, 0.717) is 0 Å². The van der Waals surface area contributed by atoms with Crippen molar-refractivity contribution in [2.45, 2.75) is 31.2 Å². The Kier molecular flexibility index (Phi) is 2.60. The Balaban J connectivity index is 1.84. The molecule has 4 nitrogen and oxygen atoms in total. The summed E-state index contributed by atoms with van der Waals surface area (Å²) in [5.41, 5.74) is 2.62. The second-order valence-electron chi connectivity index (χ2n) is 5.60. The summed E-state index contributed by atoms with van der Waals surface area (Å²) in [7, 11) is 1.69. The Morgan fingerprint density at radius 3 is 3.20 bits per heavy atom. The zero-order valence-electron chi connectivity index (χ0n) is 11.6. The lowest BCUT2D eigenvalue weighted by Gasteiger charge is -2.39. The maximum absolute atomic E-state index is 5.87. The quantitative estimate of drug-likeness (QED) is 0.736. The fourth-order valence-electron chi connectivity index (χ4n) is 3.68. The van der Waals surface area contributed by atoms with Gasteiger partial charge in [-0.15, -0.1) is 0 Å². The number of hydrogen-bond acceptors (Lipinski definition) is 4. The molecule has 3 heterocycles. The van der Waals surface area contributed by atoms with Crippen LogP contribution in [0.4, 0.5) is 0 Å². The molecule has 0 bridgehead atoms. The minimum atomic E-state index is 0.0178. The molecule has 1 fully saturated rings. The third-order valence-corrected chi connectivity index (χ3v) is 4.66. The topological polar surface area (TPSA) is 36.7 Å². The van der Waals surface area contributed by atoms with Crippen molar-refractivity contribution in [2.75, 3.05) is 13.7 Å². The molecule has 1 atom stereocenters. The zero-order valence-corrected chi connectivity index (χ0v) is 11.6. The Labute approximate surface area is 118 Å². The molecule has 0 N–H and O–H groups in total. The third-order valence-electron chi connectivity index (χ3n) is 4.66. The van der Waals surface area contributed by atoms with Crippen LogP contribution in [0.1, 0.15) is 31.2 Å². The number of methoxy groups -OCH3 is 1. The van der Waals surface area contributed by atoms with Crippen LogP contribution in [-0.2, 0) is 5.54 Å². The first-order valence-corrected chi connectivity index (χ1v) is 7.16. The molecule has 1 aromatic rings. The van der Waals surface area contributed by atoms with E-state index in [1.165, 1.54) is 17.7 Å². The smallest absolute Gasteiger partial charge is 0.245 e. The van der Waals surface area contributed by atoms with E-state index in [1.54, 1.807) is 7.11 Å². The average molecular weight is 270 g/mol. The van der Waals surface area contributed by atoms with Crippen LogP contribution in [0.15, 0.2) is 35.1 Å². The fourth-order valence-corrected chi connectivity index (χ4v) is 3.68. The first kappa shape index (κ1) is 12.0. The van der Waals surface area contributed by atoms with Crippen LogP contribution >= 0.6 is 0 Å². The summed E-state index contributed by atoms with van der Waals surface area (Å²) in [6.45, 7) is 0.748. The summed E-state index contributed by atoms with van der Waals surface area (Å²) in [5, 5.41) is 0. The van der Waals surface area contributed by atoms with Gasteiger partial charge in [0.25, 0.3) is 0 Å². The van der Waals surface area contributed by atoms with Crippen LogP contribution in [0.3, 0.4) is 0 Å². The van der Waals surface area contributed by atoms with Crippen molar-refractivity contribution in [3.63, 3.8) is 0 Å². The van der Waals surface area contributed by atoms with Gasteiger partial charge >= 0.3 is 0 Å². The number of fused-ring (bicyclic) bond motifs is 4. The Bertz CT molecular complexity index is 608. The summed E-state index contributed by atoms with van der Waals surface area (Å²) >= 11 is 0. The van der Waals surface area contributed by atoms with E-state index in [0.717, 1.165) is 37.4 Å². The maximum atomic E-state index is 5.87. The van der Waals surface area contributed by atoms with Gasteiger partial charge in [-0.3, -0.25) is 0 Å². The number of ether oxygens (including phenoxy) is 2. The van der Waals surface area contributed by atoms with E-state index >= 15 is 0 Å². The van der Waals surface area contributed by atoms with Gasteiger partial charge in [-0.05, 0) is 18.6 Å². The minimum absolute atomic E-state index is 0.0178. The second-order valence-corrected chi connectivity index (χ2v) is 5.60. The number of aliphatic imine (C=N–C) groups is 1. The summed E-state index contributed by atoms with van der Waals surface area (Å²) in [4.78, 5) is 6.72. The largest absolute Gasteiger partial charge is 0.497 e. The minimum Gasteiger partial charge on any atom is -0.497 e. The number of allylic oxidation sites excluding steroid dienone is 1. The SMILES string of the molecule is COc1ccc2c(c1)OCCC21CCCC2=CN=C[N+]21. The molecule has 0 saturated carbocycles. The molecule has 0 aliphatic carbocycles. The van der Waals surface area contributed by atoms with Gasteiger partial charge in [-0.25, -0.2) is 4.99 Å².